The number of rotatable bonds is 2. The Morgan fingerprint density at radius 2 is 2.25 bits per heavy atom. The minimum atomic E-state index is -0.251. The molecule has 84 valence electrons. The van der Waals surface area contributed by atoms with Crippen molar-refractivity contribution in [2.75, 3.05) is 12.4 Å². The van der Waals surface area contributed by atoms with Gasteiger partial charge in [-0.1, -0.05) is 23.7 Å². The van der Waals surface area contributed by atoms with Crippen LogP contribution in [0.25, 0.3) is 0 Å². The highest BCUT2D eigenvalue weighted by atomic mass is 35.5. The van der Waals surface area contributed by atoms with E-state index in [9.17, 15) is 0 Å². The van der Waals surface area contributed by atoms with Crippen molar-refractivity contribution in [1.82, 2.24) is 5.32 Å². The fourth-order valence-corrected chi connectivity index (χ4v) is 1.97. The molecule has 4 nitrogen and oxygen atoms in total. The summed E-state index contributed by atoms with van der Waals surface area (Å²) in [6.07, 6.45) is 1.18. The number of aliphatic imine (C=N–C) groups is 1. The summed E-state index contributed by atoms with van der Waals surface area (Å²) in [7, 11) is 1.83. The van der Waals surface area contributed by atoms with Crippen LogP contribution in [0.5, 0.6) is 0 Å². The third-order valence-electron chi connectivity index (χ3n) is 2.57. The van der Waals surface area contributed by atoms with Crippen LogP contribution in [0.2, 0.25) is 0 Å². The van der Waals surface area contributed by atoms with Crippen molar-refractivity contribution in [3.05, 3.63) is 24.3 Å². The highest BCUT2D eigenvalue weighted by Crippen LogP contribution is 2.30. The second kappa shape index (κ2) is 4.63. The fraction of sp³-hybridized carbons (Fsp3) is 0.273. The number of hydrogen-bond donors (Lipinski definition) is 3. The molecule has 0 amide bonds. The number of nitrogens with one attached hydrogen (secondary N) is 3. The molecule has 1 aromatic carbocycles. The zero-order valence-corrected chi connectivity index (χ0v) is 9.62. The van der Waals surface area contributed by atoms with E-state index < -0.39 is 0 Å². The van der Waals surface area contributed by atoms with Crippen molar-refractivity contribution >= 4 is 34.4 Å². The van der Waals surface area contributed by atoms with Gasteiger partial charge in [0.1, 0.15) is 5.17 Å². The quantitative estimate of drug-likeness (QED) is 0.690. The molecule has 0 spiro atoms. The summed E-state index contributed by atoms with van der Waals surface area (Å²) in [6, 6.07) is 7.68. The Morgan fingerprint density at radius 1 is 1.50 bits per heavy atom. The van der Waals surface area contributed by atoms with Gasteiger partial charge in [-0.05, 0) is 19.2 Å². The van der Waals surface area contributed by atoms with Crippen molar-refractivity contribution in [3.8, 4) is 0 Å². The van der Waals surface area contributed by atoms with Crippen molar-refractivity contribution in [3.63, 3.8) is 0 Å². The number of nitrogens with zero attached hydrogens (tertiary/aromatic N) is 1. The number of halogens is 1. The molecule has 0 fully saturated rings. The van der Waals surface area contributed by atoms with Crippen molar-refractivity contribution < 1.29 is 0 Å². The maximum absolute atomic E-state index is 7.40. The third-order valence-corrected chi connectivity index (χ3v) is 2.90. The molecule has 1 aliphatic rings. The molecule has 0 radical (unpaired) electrons. The molecule has 16 heavy (non-hydrogen) atoms. The summed E-state index contributed by atoms with van der Waals surface area (Å²) in [4.78, 5) is 4.32. The Bertz CT molecular complexity index is 430. The van der Waals surface area contributed by atoms with Gasteiger partial charge in [0.05, 0.1) is 23.5 Å². The molecule has 0 saturated carbocycles. The van der Waals surface area contributed by atoms with Gasteiger partial charge in [0, 0.05) is 6.21 Å². The first kappa shape index (κ1) is 11.1. The second-order valence-corrected chi connectivity index (χ2v) is 3.94. The van der Waals surface area contributed by atoms with Crippen molar-refractivity contribution in [2.24, 2.45) is 10.9 Å². The van der Waals surface area contributed by atoms with Gasteiger partial charge in [0.15, 0.2) is 0 Å². The molecule has 2 rings (SSSR count). The van der Waals surface area contributed by atoms with Crippen LogP contribution in [0.1, 0.15) is 0 Å². The van der Waals surface area contributed by atoms with Gasteiger partial charge in [-0.3, -0.25) is 5.32 Å². The molecule has 5 heteroatoms. The topological polar surface area (TPSA) is 60.3 Å². The summed E-state index contributed by atoms with van der Waals surface area (Å²) in [5.74, 6) is -0.251. The average molecular weight is 237 g/mol. The summed E-state index contributed by atoms with van der Waals surface area (Å²) in [6.45, 7) is 0. The van der Waals surface area contributed by atoms with Gasteiger partial charge in [-0.25, -0.2) is 4.99 Å². The summed E-state index contributed by atoms with van der Waals surface area (Å²) in [5, 5.41) is 14.2. The normalized spacial score (nSPS) is 23.8. The molecule has 0 bridgehead atoms. The Hall–Kier alpha value is -1.39. The molecule has 1 heterocycles. The molecule has 0 saturated heterocycles. The maximum Gasteiger partial charge on any atom is 0.118 e. The van der Waals surface area contributed by atoms with E-state index in [1.165, 1.54) is 6.21 Å². The monoisotopic (exact) mass is 236 g/mol. The summed E-state index contributed by atoms with van der Waals surface area (Å²) < 4.78 is 0. The van der Waals surface area contributed by atoms with Crippen LogP contribution >= 0.6 is 11.6 Å². The molecule has 0 aliphatic carbocycles. The molecule has 3 N–H and O–H groups in total. The van der Waals surface area contributed by atoms with Crippen LogP contribution in [0.3, 0.4) is 0 Å². The van der Waals surface area contributed by atoms with Crippen LogP contribution in [0.4, 0.5) is 11.4 Å². The lowest BCUT2D eigenvalue weighted by atomic mass is 10.1. The first-order valence-electron chi connectivity index (χ1n) is 5.03. The van der Waals surface area contributed by atoms with Crippen molar-refractivity contribution in [2.45, 2.75) is 6.17 Å². The lowest BCUT2D eigenvalue weighted by molar-refractivity contribution is 0.600. The zero-order chi connectivity index (χ0) is 11.5. The highest BCUT2D eigenvalue weighted by molar-refractivity contribution is 6.67. The number of fused-ring (bicyclic) bond motifs is 1. The van der Waals surface area contributed by atoms with E-state index in [4.69, 9.17) is 17.0 Å². The van der Waals surface area contributed by atoms with Gasteiger partial charge in [-0.2, -0.15) is 0 Å². The van der Waals surface area contributed by atoms with Crippen LogP contribution in [0.15, 0.2) is 29.3 Å². The minimum Gasteiger partial charge on any atom is -0.367 e. The first-order valence-corrected chi connectivity index (χ1v) is 5.41. The predicted octanol–water partition coefficient (Wildman–Crippen LogP) is 2.19. The van der Waals surface area contributed by atoms with Gasteiger partial charge in [0.25, 0.3) is 0 Å². The van der Waals surface area contributed by atoms with E-state index in [0.29, 0.717) is 5.17 Å². The number of hydrogen-bond acceptors (Lipinski definition) is 4. The van der Waals surface area contributed by atoms with Gasteiger partial charge in [0.2, 0.25) is 0 Å². The molecule has 2 unspecified atom stereocenters. The van der Waals surface area contributed by atoms with E-state index in [2.05, 4.69) is 15.6 Å². The van der Waals surface area contributed by atoms with E-state index in [-0.39, 0.29) is 12.1 Å². The third kappa shape index (κ3) is 1.94. The first-order chi connectivity index (χ1) is 7.76. The highest BCUT2D eigenvalue weighted by Gasteiger charge is 2.25. The maximum atomic E-state index is 7.40. The molecular weight excluding hydrogens is 224 g/mol. The van der Waals surface area contributed by atoms with Gasteiger partial charge >= 0.3 is 0 Å². The summed E-state index contributed by atoms with van der Waals surface area (Å²) >= 11 is 6.11. The lowest BCUT2D eigenvalue weighted by Crippen LogP contribution is -2.42. The van der Waals surface area contributed by atoms with Crippen LogP contribution < -0.4 is 10.6 Å². The minimum absolute atomic E-state index is 0.114. The average Bonchev–Trinajstić information content (AvgIpc) is 2.44. The number of benzene rings is 1. The molecule has 1 aromatic rings. The predicted molar refractivity (Wildman–Crippen MR) is 68.1 cm³/mol. The van der Waals surface area contributed by atoms with Crippen LogP contribution in [0, 0.1) is 11.3 Å². The number of para-hydroxylation sites is 2. The standard InChI is InChI=1S/C11H13ClN4/c1-14-11-7(6-13)10(12)15-8-4-2-3-5-9(8)16-11/h2-7,11,13-14,16H,1H3. The largest absolute Gasteiger partial charge is 0.367 e. The van der Waals surface area contributed by atoms with Gasteiger partial charge in [-0.15, -0.1) is 0 Å². The number of anilines is 1. The Labute approximate surface area is 99.2 Å². The molecule has 1 aliphatic heterocycles. The van der Waals surface area contributed by atoms with E-state index in [1.807, 2.05) is 31.3 Å². The molecule has 2 atom stereocenters. The lowest BCUT2D eigenvalue weighted by Gasteiger charge is -2.22. The molecule has 0 aromatic heterocycles. The van der Waals surface area contributed by atoms with E-state index in [0.717, 1.165) is 11.4 Å². The molecular formula is C11H13ClN4. The van der Waals surface area contributed by atoms with E-state index >= 15 is 0 Å². The SMILES string of the molecule is CNC1Nc2ccccc2N=C(Cl)C1C=N. The van der Waals surface area contributed by atoms with Crippen LogP contribution in [-0.2, 0) is 0 Å². The smallest absolute Gasteiger partial charge is 0.118 e. The Balaban J connectivity index is 2.46. The summed E-state index contributed by atoms with van der Waals surface area (Å²) in [5.41, 5.74) is 1.72. The Kier molecular flexibility index (Phi) is 3.22. The van der Waals surface area contributed by atoms with Crippen molar-refractivity contribution in [1.29, 1.82) is 5.41 Å². The van der Waals surface area contributed by atoms with Crippen LogP contribution in [-0.4, -0.2) is 24.6 Å². The Morgan fingerprint density at radius 3 is 2.94 bits per heavy atom. The van der Waals surface area contributed by atoms with E-state index in [1.54, 1.807) is 0 Å². The zero-order valence-electron chi connectivity index (χ0n) is 8.87. The second-order valence-electron chi connectivity index (χ2n) is 3.55. The van der Waals surface area contributed by atoms with Gasteiger partial charge < -0.3 is 10.7 Å². The fourth-order valence-electron chi connectivity index (χ4n) is 1.69.